The van der Waals surface area contributed by atoms with Crippen molar-refractivity contribution in [3.8, 4) is 17.6 Å². The summed E-state index contributed by atoms with van der Waals surface area (Å²) in [4.78, 5) is 22.7. The van der Waals surface area contributed by atoms with Crippen LogP contribution in [0.2, 0.25) is 5.02 Å². The van der Waals surface area contributed by atoms with Crippen LogP contribution in [0.3, 0.4) is 0 Å². The zero-order valence-corrected chi connectivity index (χ0v) is 20.3. The molecule has 1 aromatic carbocycles. The fourth-order valence-corrected chi connectivity index (χ4v) is 4.83. The summed E-state index contributed by atoms with van der Waals surface area (Å²) in [6.45, 7) is 1.75. The fourth-order valence-electron chi connectivity index (χ4n) is 4.56. The molecule has 1 aliphatic heterocycles. The molecule has 4 rings (SSSR count). The van der Waals surface area contributed by atoms with Gasteiger partial charge in [-0.15, -0.1) is 0 Å². The smallest absolute Gasteiger partial charge is 0.309 e. The van der Waals surface area contributed by atoms with Gasteiger partial charge in [-0.1, -0.05) is 23.4 Å². The first-order valence-corrected chi connectivity index (χ1v) is 11.9. The van der Waals surface area contributed by atoms with Gasteiger partial charge >= 0.3 is 5.97 Å². The van der Waals surface area contributed by atoms with Crippen LogP contribution in [0.1, 0.15) is 43.0 Å². The van der Waals surface area contributed by atoms with Gasteiger partial charge in [0.2, 0.25) is 0 Å². The van der Waals surface area contributed by atoms with Gasteiger partial charge in [-0.3, -0.25) is 19.7 Å². The number of aromatic nitrogens is 2. The van der Waals surface area contributed by atoms with E-state index >= 15 is 4.39 Å². The third kappa shape index (κ3) is 5.72. The maximum Gasteiger partial charge on any atom is 0.309 e. The number of rotatable bonds is 7. The van der Waals surface area contributed by atoms with Crippen LogP contribution in [0.4, 0.5) is 4.39 Å². The minimum Gasteiger partial charge on any atom is -0.497 e. The lowest BCUT2D eigenvalue weighted by Gasteiger charge is -2.38. The summed E-state index contributed by atoms with van der Waals surface area (Å²) in [7, 11) is 1.54. The van der Waals surface area contributed by atoms with E-state index in [2.05, 4.69) is 26.7 Å². The van der Waals surface area contributed by atoms with Gasteiger partial charge in [0, 0.05) is 48.2 Å². The second-order valence-corrected chi connectivity index (χ2v) is 9.22. The summed E-state index contributed by atoms with van der Waals surface area (Å²) in [5.41, 5.74) is 0.823. The number of carboxylic acid groups (broad SMARTS) is 1. The third-order valence-corrected chi connectivity index (χ3v) is 7.02. The molecule has 1 fully saturated rings. The average Bonchev–Trinajstić information content (AvgIpc) is 2.88. The molecule has 1 unspecified atom stereocenters. The first kappa shape index (κ1) is 24.9. The molecule has 0 spiro atoms. The molecule has 0 radical (unpaired) electrons. The quantitative estimate of drug-likeness (QED) is 0.448. The standard InChI is InChI=1S/C27H27ClFN3O3/c1-35-20-6-7-24-21(16-20)25(22(28)18-31-24)23(29)8-9-27(26(33)34)10-14-32(15-11-27)13-3-5-19-4-2-12-30-17-19/h2,4,6-7,12,16-18,23H,8-11,13-15H2,1H3,(H,33,34). The predicted octanol–water partition coefficient (Wildman–Crippen LogP) is 5.30. The van der Waals surface area contributed by atoms with Crippen molar-refractivity contribution >= 4 is 28.5 Å². The molecule has 1 N–H and O–H groups in total. The van der Waals surface area contributed by atoms with Gasteiger partial charge in [-0.05, 0) is 56.0 Å². The summed E-state index contributed by atoms with van der Waals surface area (Å²) in [6, 6.07) is 8.96. The Kier molecular flexibility index (Phi) is 7.84. The summed E-state index contributed by atoms with van der Waals surface area (Å²) in [5, 5.41) is 10.9. The van der Waals surface area contributed by atoms with Crippen molar-refractivity contribution in [2.45, 2.75) is 31.9 Å². The molecule has 1 saturated heterocycles. The first-order valence-electron chi connectivity index (χ1n) is 11.5. The van der Waals surface area contributed by atoms with Crippen LogP contribution in [0.25, 0.3) is 10.9 Å². The fraction of sp³-hybridized carbons (Fsp3) is 0.370. The number of fused-ring (bicyclic) bond motifs is 1. The number of pyridine rings is 2. The lowest BCUT2D eigenvalue weighted by Crippen LogP contribution is -2.44. The Labute approximate surface area is 209 Å². The first-order chi connectivity index (χ1) is 16.9. The Hall–Kier alpha value is -3.21. The van der Waals surface area contributed by atoms with E-state index in [0.717, 1.165) is 5.56 Å². The normalized spacial score (nSPS) is 16.3. The number of piperidine rings is 1. The number of benzene rings is 1. The largest absolute Gasteiger partial charge is 0.497 e. The number of methoxy groups -OCH3 is 1. The zero-order chi connectivity index (χ0) is 24.8. The van der Waals surface area contributed by atoms with E-state index in [9.17, 15) is 9.90 Å². The summed E-state index contributed by atoms with van der Waals surface area (Å²) < 4.78 is 20.8. The molecular weight excluding hydrogens is 469 g/mol. The molecule has 1 atom stereocenters. The van der Waals surface area contributed by atoms with Gasteiger partial charge in [0.25, 0.3) is 0 Å². The van der Waals surface area contributed by atoms with Crippen molar-refractivity contribution in [1.82, 2.24) is 14.9 Å². The van der Waals surface area contributed by atoms with Crippen molar-refractivity contribution in [1.29, 1.82) is 0 Å². The van der Waals surface area contributed by atoms with Gasteiger partial charge < -0.3 is 9.84 Å². The number of ether oxygens (including phenoxy) is 1. The minimum atomic E-state index is -1.42. The van der Waals surface area contributed by atoms with Crippen molar-refractivity contribution in [2.75, 3.05) is 26.7 Å². The number of hydrogen-bond acceptors (Lipinski definition) is 5. The molecule has 0 aliphatic carbocycles. The number of carboxylic acids is 1. The molecule has 2 aromatic heterocycles. The van der Waals surface area contributed by atoms with E-state index in [1.807, 2.05) is 12.1 Å². The van der Waals surface area contributed by atoms with E-state index in [4.69, 9.17) is 16.3 Å². The van der Waals surface area contributed by atoms with Crippen molar-refractivity contribution in [3.63, 3.8) is 0 Å². The number of carbonyl (C=O) groups is 1. The molecule has 0 amide bonds. The number of likely N-dealkylation sites (tertiary alicyclic amines) is 1. The van der Waals surface area contributed by atoms with Gasteiger partial charge in [0.05, 0.1) is 29.6 Å². The number of nitrogens with zero attached hydrogens (tertiary/aromatic N) is 3. The molecule has 8 heteroatoms. The highest BCUT2D eigenvalue weighted by molar-refractivity contribution is 6.32. The van der Waals surface area contributed by atoms with Crippen LogP contribution in [0.5, 0.6) is 5.75 Å². The van der Waals surface area contributed by atoms with Crippen LogP contribution in [0.15, 0.2) is 48.9 Å². The van der Waals surface area contributed by atoms with Gasteiger partial charge in [0.1, 0.15) is 11.9 Å². The average molecular weight is 496 g/mol. The Morgan fingerprint density at radius 2 is 2.11 bits per heavy atom. The highest BCUT2D eigenvalue weighted by Crippen LogP contribution is 2.42. The highest BCUT2D eigenvalue weighted by Gasteiger charge is 2.41. The van der Waals surface area contributed by atoms with Crippen molar-refractivity contribution < 1.29 is 19.0 Å². The molecular formula is C27H27ClFN3O3. The summed E-state index contributed by atoms with van der Waals surface area (Å²) >= 11 is 6.34. The second-order valence-electron chi connectivity index (χ2n) is 8.81. The van der Waals surface area contributed by atoms with E-state index in [0.29, 0.717) is 54.7 Å². The van der Waals surface area contributed by atoms with E-state index in [1.165, 1.54) is 6.20 Å². The molecule has 0 bridgehead atoms. The van der Waals surface area contributed by atoms with E-state index in [-0.39, 0.29) is 17.9 Å². The lowest BCUT2D eigenvalue weighted by molar-refractivity contribution is -0.152. The monoisotopic (exact) mass is 495 g/mol. The topological polar surface area (TPSA) is 75.6 Å². The summed E-state index contributed by atoms with van der Waals surface area (Å²) in [5.74, 6) is 5.91. The SMILES string of the molecule is COc1ccc2ncc(Cl)c(C(F)CCC3(C(=O)O)CCN(CC#Cc4cccnc4)CC3)c2c1. The van der Waals surface area contributed by atoms with Crippen LogP contribution in [-0.2, 0) is 4.79 Å². The van der Waals surface area contributed by atoms with Gasteiger partial charge in [-0.2, -0.15) is 0 Å². The zero-order valence-electron chi connectivity index (χ0n) is 19.5. The van der Waals surface area contributed by atoms with Gasteiger partial charge in [-0.25, -0.2) is 4.39 Å². The Morgan fingerprint density at radius 1 is 1.31 bits per heavy atom. The maximum absolute atomic E-state index is 15.6. The molecule has 3 aromatic rings. The number of halogens is 2. The summed E-state index contributed by atoms with van der Waals surface area (Å²) in [6.07, 6.45) is 4.61. The van der Waals surface area contributed by atoms with Crippen LogP contribution < -0.4 is 4.74 Å². The van der Waals surface area contributed by atoms with Crippen LogP contribution in [0, 0.1) is 17.3 Å². The van der Waals surface area contributed by atoms with Crippen molar-refractivity contribution in [2.24, 2.45) is 5.41 Å². The number of aliphatic carboxylic acids is 1. The Balaban J connectivity index is 1.42. The Bertz CT molecular complexity index is 1250. The Morgan fingerprint density at radius 3 is 2.80 bits per heavy atom. The maximum atomic E-state index is 15.6. The number of alkyl halides is 1. The predicted molar refractivity (Wildman–Crippen MR) is 133 cm³/mol. The van der Waals surface area contributed by atoms with Crippen molar-refractivity contribution in [3.05, 3.63) is 65.1 Å². The minimum absolute atomic E-state index is 0.0587. The van der Waals surface area contributed by atoms with Gasteiger partial charge in [0.15, 0.2) is 0 Å². The molecule has 182 valence electrons. The number of hydrogen-bond donors (Lipinski definition) is 1. The molecule has 35 heavy (non-hydrogen) atoms. The van der Waals surface area contributed by atoms with Crippen LogP contribution in [-0.4, -0.2) is 52.7 Å². The molecule has 3 heterocycles. The molecule has 0 saturated carbocycles. The van der Waals surface area contributed by atoms with E-state index < -0.39 is 17.6 Å². The lowest BCUT2D eigenvalue weighted by atomic mass is 9.74. The van der Waals surface area contributed by atoms with E-state index in [1.54, 1.807) is 37.7 Å². The van der Waals surface area contributed by atoms with Crippen LogP contribution >= 0.6 is 11.6 Å². The highest BCUT2D eigenvalue weighted by atomic mass is 35.5. The molecule has 6 nitrogen and oxygen atoms in total. The second kappa shape index (κ2) is 11.0. The third-order valence-electron chi connectivity index (χ3n) is 6.72. The molecule has 1 aliphatic rings.